The molecule has 2 N–H and O–H groups in total. The third kappa shape index (κ3) is 9.54. The van der Waals surface area contributed by atoms with E-state index in [0.717, 1.165) is 0 Å². The minimum atomic E-state index is -3.74. The summed E-state index contributed by atoms with van der Waals surface area (Å²) >= 11 is 0. The molecule has 0 radical (unpaired) electrons. The number of nitrogens with two attached hydrogens (primary N) is 1. The molecule has 0 saturated heterocycles. The second kappa shape index (κ2) is 7.82. The molecule has 0 aromatic carbocycles. The minimum absolute atomic E-state index is 0. The van der Waals surface area contributed by atoms with E-state index in [9.17, 15) is 16.8 Å². The molecule has 0 unspecified atom stereocenters. The monoisotopic (exact) mass is 243 g/mol. The summed E-state index contributed by atoms with van der Waals surface area (Å²) in [4.78, 5) is 0. The predicted molar refractivity (Wildman–Crippen MR) is 46.3 cm³/mol. The van der Waals surface area contributed by atoms with Crippen LogP contribution in [0, 0.1) is 0 Å². The van der Waals surface area contributed by atoms with E-state index in [4.69, 9.17) is 5.73 Å². The van der Waals surface area contributed by atoms with Crippen LogP contribution >= 0.6 is 0 Å². The molecule has 0 aliphatic heterocycles. The molecule has 0 heterocycles. The van der Waals surface area contributed by atoms with Crippen LogP contribution in [0.4, 0.5) is 0 Å². The van der Waals surface area contributed by atoms with Gasteiger partial charge in [0.2, 0.25) is 0 Å². The number of thiol groups is 1. The first kappa shape index (κ1) is 15.9. The van der Waals surface area contributed by atoms with Gasteiger partial charge in [0.1, 0.15) is 0 Å². The fraction of sp³-hybridized carbons (Fsp3) is 1.00. The Morgan fingerprint density at radius 3 is 2.17 bits per heavy atom. The fourth-order valence-electron chi connectivity index (χ4n) is 0.327. The van der Waals surface area contributed by atoms with Gasteiger partial charge >= 0.3 is 51.4 Å². The van der Waals surface area contributed by atoms with Gasteiger partial charge in [0.15, 0.2) is 16.6 Å². The van der Waals surface area contributed by atoms with Crippen molar-refractivity contribution in [2.45, 2.75) is 0 Å². The van der Waals surface area contributed by atoms with Crippen LogP contribution in [0.2, 0.25) is 0 Å². The molecule has 0 rings (SSSR count). The Morgan fingerprint density at radius 1 is 1.33 bits per heavy atom. The fourth-order valence-corrected chi connectivity index (χ4v) is 1.72. The Labute approximate surface area is 115 Å². The molecule has 0 spiro atoms. The Balaban J connectivity index is 0. The van der Waals surface area contributed by atoms with Crippen molar-refractivity contribution in [2.75, 3.05) is 18.2 Å². The number of hydrogen-bond donors (Lipinski definition) is 2. The first-order chi connectivity index (χ1) is 4.98. The molecule has 0 saturated carbocycles. The van der Waals surface area contributed by atoms with Crippen molar-refractivity contribution in [1.29, 1.82) is 0 Å². The van der Waals surface area contributed by atoms with Gasteiger partial charge in [-0.1, -0.05) is 0 Å². The van der Waals surface area contributed by atoms with Gasteiger partial charge in [0.25, 0.3) is 10.1 Å². The first-order valence-corrected chi connectivity index (χ1v) is 5.61. The first-order valence-electron chi connectivity index (χ1n) is 2.67. The number of rotatable bonds is 5. The zero-order valence-electron chi connectivity index (χ0n) is 5.60. The molecule has 0 amide bonds. The zero-order chi connectivity index (χ0) is 8.91. The Bertz CT molecular complexity index is 262. The van der Waals surface area contributed by atoms with Gasteiger partial charge in [-0.25, -0.2) is 8.42 Å². The van der Waals surface area contributed by atoms with Crippen molar-refractivity contribution >= 4 is 72.2 Å². The van der Waals surface area contributed by atoms with Crippen LogP contribution < -0.4 is 5.73 Å². The van der Waals surface area contributed by atoms with Crippen LogP contribution in [0.15, 0.2) is 0 Å². The van der Waals surface area contributed by atoms with Gasteiger partial charge in [-0.15, -0.1) is 0 Å². The van der Waals surface area contributed by atoms with E-state index in [0.29, 0.717) is 0 Å². The van der Waals surface area contributed by atoms with Gasteiger partial charge in [-0.05, 0) is 0 Å². The summed E-state index contributed by atoms with van der Waals surface area (Å²) in [7, 11) is -6.55. The standard InChI is InChI=1S/C3H9NO5S2.K.H/c4-1-2-11(7,8)9-3-10(5)6;;/h10H,1-4H2;;. The van der Waals surface area contributed by atoms with E-state index < -0.39 is 26.8 Å². The average Bonchev–Trinajstić information content (AvgIpc) is 1.84. The maximum atomic E-state index is 10.6. The van der Waals surface area contributed by atoms with Crippen molar-refractivity contribution in [3.8, 4) is 0 Å². The van der Waals surface area contributed by atoms with E-state index >= 15 is 0 Å². The van der Waals surface area contributed by atoms with Crippen LogP contribution in [0.1, 0.15) is 0 Å². The summed E-state index contributed by atoms with van der Waals surface area (Å²) in [6, 6.07) is 0. The van der Waals surface area contributed by atoms with Gasteiger partial charge < -0.3 is 5.73 Å². The summed E-state index contributed by atoms with van der Waals surface area (Å²) in [6.45, 7) is -0.0853. The van der Waals surface area contributed by atoms with Crippen molar-refractivity contribution in [3.05, 3.63) is 0 Å². The average molecular weight is 243 g/mol. The van der Waals surface area contributed by atoms with Crippen LogP contribution in [-0.2, 0) is 25.0 Å². The third-order valence-corrected chi connectivity index (χ3v) is 2.43. The van der Waals surface area contributed by atoms with Crippen LogP contribution in [0.3, 0.4) is 0 Å². The van der Waals surface area contributed by atoms with Crippen LogP contribution in [0.5, 0.6) is 0 Å². The molecule has 0 fully saturated rings. The van der Waals surface area contributed by atoms with Crippen molar-refractivity contribution in [3.63, 3.8) is 0 Å². The van der Waals surface area contributed by atoms with Gasteiger partial charge in [-0.3, -0.25) is 4.18 Å². The van der Waals surface area contributed by atoms with E-state index in [-0.39, 0.29) is 63.7 Å². The zero-order valence-corrected chi connectivity index (χ0v) is 7.31. The second-order valence-corrected chi connectivity index (χ2v) is 4.31. The maximum absolute atomic E-state index is 10.6. The van der Waals surface area contributed by atoms with Crippen molar-refractivity contribution < 1.29 is 21.0 Å². The predicted octanol–water partition coefficient (Wildman–Crippen LogP) is -2.79. The Morgan fingerprint density at radius 2 is 1.83 bits per heavy atom. The molecule has 9 heteroatoms. The summed E-state index contributed by atoms with van der Waals surface area (Å²) in [5.41, 5.74) is 4.91. The molecule has 12 heavy (non-hydrogen) atoms. The van der Waals surface area contributed by atoms with E-state index in [2.05, 4.69) is 4.18 Å². The molecule has 0 atom stereocenters. The van der Waals surface area contributed by atoms with Gasteiger partial charge in [0, 0.05) is 6.54 Å². The summed E-state index contributed by atoms with van der Waals surface area (Å²) < 4.78 is 44.9. The Kier molecular flexibility index (Phi) is 10.4. The van der Waals surface area contributed by atoms with Crippen molar-refractivity contribution in [1.82, 2.24) is 0 Å². The molecule has 0 bridgehead atoms. The van der Waals surface area contributed by atoms with Crippen LogP contribution in [-0.4, -0.2) is 86.5 Å². The van der Waals surface area contributed by atoms with E-state index in [1.165, 1.54) is 0 Å². The van der Waals surface area contributed by atoms with E-state index in [1.807, 2.05) is 0 Å². The van der Waals surface area contributed by atoms with Gasteiger partial charge in [-0.2, -0.15) is 8.42 Å². The topological polar surface area (TPSA) is 104 Å². The number of hydrogen-bond acceptors (Lipinski definition) is 6. The Hall–Kier alpha value is 1.46. The molecule has 0 aromatic rings. The third-order valence-electron chi connectivity index (χ3n) is 0.706. The second-order valence-electron chi connectivity index (χ2n) is 1.63. The molecular formula is C3H10KNO5S2. The molecular weight excluding hydrogens is 233 g/mol. The SMILES string of the molecule is NCCS(=O)(=O)OC[SH](=O)=O.[KH]. The van der Waals surface area contributed by atoms with Gasteiger partial charge in [0.05, 0.1) is 5.75 Å². The summed E-state index contributed by atoms with van der Waals surface area (Å²) in [5.74, 6) is -1.17. The van der Waals surface area contributed by atoms with Crippen LogP contribution in [0.25, 0.3) is 0 Å². The molecule has 0 aliphatic rings. The summed E-state index contributed by atoms with van der Waals surface area (Å²) in [5, 5.41) is 0. The molecule has 6 nitrogen and oxygen atoms in total. The quantitative estimate of drug-likeness (QED) is 0.307. The molecule has 0 aromatic heterocycles. The molecule has 70 valence electrons. The summed E-state index contributed by atoms with van der Waals surface area (Å²) in [6.07, 6.45) is 0. The molecule has 0 aliphatic carbocycles. The van der Waals surface area contributed by atoms with E-state index in [1.54, 1.807) is 0 Å². The van der Waals surface area contributed by atoms with Crippen molar-refractivity contribution in [2.24, 2.45) is 5.73 Å². The normalized spacial score (nSPS) is 11.2.